The average molecular weight is 492 g/mol. The number of halogens is 1. The zero-order valence-corrected chi connectivity index (χ0v) is 19.7. The van der Waals surface area contributed by atoms with Crippen LogP contribution in [0.4, 0.5) is 0 Å². The highest BCUT2D eigenvalue weighted by Gasteiger charge is 2.23. The standard InChI is InChI=1S/C19H32N4OS.HI/c1-14-6-7-17(18(10-14)25-5)12-22-19(20-4)21-11-15(2)23-8-9-24-13-16(23)3;/h6-7,10,15-16H,8-9,11-13H2,1-5H3,(H2,20,21,22);1H. The normalized spacial score (nSPS) is 19.6. The molecule has 1 fully saturated rings. The van der Waals surface area contributed by atoms with Crippen LogP contribution in [-0.2, 0) is 11.3 Å². The Bertz CT molecular complexity index is 585. The van der Waals surface area contributed by atoms with Gasteiger partial charge in [-0.3, -0.25) is 9.89 Å². The van der Waals surface area contributed by atoms with Gasteiger partial charge in [0.05, 0.1) is 13.2 Å². The number of guanidine groups is 1. The Hall–Kier alpha value is -0.510. The molecule has 2 atom stereocenters. The Morgan fingerprint density at radius 1 is 1.42 bits per heavy atom. The lowest BCUT2D eigenvalue weighted by Crippen LogP contribution is -2.52. The highest BCUT2D eigenvalue weighted by atomic mass is 127. The fourth-order valence-electron chi connectivity index (χ4n) is 3.15. The van der Waals surface area contributed by atoms with Gasteiger partial charge in [0.25, 0.3) is 0 Å². The number of benzene rings is 1. The molecule has 1 heterocycles. The van der Waals surface area contributed by atoms with E-state index in [2.05, 4.69) is 65.8 Å². The van der Waals surface area contributed by atoms with Gasteiger partial charge in [0.2, 0.25) is 0 Å². The van der Waals surface area contributed by atoms with E-state index in [0.717, 1.165) is 38.8 Å². The Labute approximate surface area is 179 Å². The number of nitrogens with one attached hydrogen (secondary N) is 2. The summed E-state index contributed by atoms with van der Waals surface area (Å²) in [4.78, 5) is 8.17. The predicted octanol–water partition coefficient (Wildman–Crippen LogP) is 3.11. The molecule has 0 spiro atoms. The molecular formula is C19H33IN4OS. The summed E-state index contributed by atoms with van der Waals surface area (Å²) in [5.74, 6) is 0.848. The number of ether oxygens (including phenoxy) is 1. The summed E-state index contributed by atoms with van der Waals surface area (Å²) in [5, 5.41) is 6.89. The Morgan fingerprint density at radius 3 is 2.85 bits per heavy atom. The summed E-state index contributed by atoms with van der Waals surface area (Å²) in [5.41, 5.74) is 2.60. The summed E-state index contributed by atoms with van der Waals surface area (Å²) in [6.45, 7) is 10.9. The first kappa shape index (κ1) is 23.5. The lowest BCUT2D eigenvalue weighted by Gasteiger charge is -2.38. The number of hydrogen-bond acceptors (Lipinski definition) is 4. The van der Waals surface area contributed by atoms with Crippen LogP contribution in [0.2, 0.25) is 0 Å². The number of aryl methyl sites for hydroxylation is 1. The molecule has 0 bridgehead atoms. The van der Waals surface area contributed by atoms with Gasteiger partial charge in [-0.2, -0.15) is 0 Å². The molecule has 1 aliphatic rings. The maximum atomic E-state index is 5.53. The van der Waals surface area contributed by atoms with Crippen molar-refractivity contribution >= 4 is 41.7 Å². The van der Waals surface area contributed by atoms with Crippen LogP contribution in [0.5, 0.6) is 0 Å². The van der Waals surface area contributed by atoms with E-state index in [1.54, 1.807) is 11.8 Å². The van der Waals surface area contributed by atoms with Gasteiger partial charge >= 0.3 is 0 Å². The number of rotatable bonds is 6. The van der Waals surface area contributed by atoms with Crippen molar-refractivity contribution in [3.63, 3.8) is 0 Å². The lowest BCUT2D eigenvalue weighted by molar-refractivity contribution is -0.0174. The van der Waals surface area contributed by atoms with E-state index in [1.807, 2.05) is 7.05 Å². The summed E-state index contributed by atoms with van der Waals surface area (Å²) in [7, 11) is 1.82. The second-order valence-corrected chi connectivity index (χ2v) is 7.48. The van der Waals surface area contributed by atoms with Crippen molar-refractivity contribution < 1.29 is 4.74 Å². The first-order valence-electron chi connectivity index (χ1n) is 8.96. The fourth-order valence-corrected chi connectivity index (χ4v) is 3.86. The van der Waals surface area contributed by atoms with Gasteiger partial charge in [-0.25, -0.2) is 0 Å². The molecule has 1 aromatic rings. The minimum absolute atomic E-state index is 0. The van der Waals surface area contributed by atoms with Crippen molar-refractivity contribution in [2.75, 3.05) is 39.6 Å². The number of thioether (sulfide) groups is 1. The molecule has 1 aliphatic heterocycles. The monoisotopic (exact) mass is 492 g/mol. The van der Waals surface area contributed by atoms with Crippen molar-refractivity contribution in [2.24, 2.45) is 4.99 Å². The van der Waals surface area contributed by atoms with Crippen molar-refractivity contribution in [1.82, 2.24) is 15.5 Å². The molecule has 0 aliphatic carbocycles. The molecule has 1 saturated heterocycles. The molecule has 0 saturated carbocycles. The lowest BCUT2D eigenvalue weighted by atomic mass is 10.1. The number of morpholine rings is 1. The Morgan fingerprint density at radius 2 is 2.19 bits per heavy atom. The van der Waals surface area contributed by atoms with Crippen LogP contribution in [0.1, 0.15) is 25.0 Å². The van der Waals surface area contributed by atoms with E-state index in [-0.39, 0.29) is 24.0 Å². The van der Waals surface area contributed by atoms with Crippen LogP contribution >= 0.6 is 35.7 Å². The van der Waals surface area contributed by atoms with Crippen LogP contribution < -0.4 is 10.6 Å². The molecule has 5 nitrogen and oxygen atoms in total. The highest BCUT2D eigenvalue weighted by molar-refractivity contribution is 14.0. The summed E-state index contributed by atoms with van der Waals surface area (Å²) in [6.07, 6.45) is 2.12. The third-order valence-corrected chi connectivity index (χ3v) is 5.48. The quantitative estimate of drug-likeness (QED) is 0.277. The number of aliphatic imine (C=N–C) groups is 1. The van der Waals surface area contributed by atoms with E-state index < -0.39 is 0 Å². The smallest absolute Gasteiger partial charge is 0.191 e. The van der Waals surface area contributed by atoms with Crippen LogP contribution in [0, 0.1) is 6.92 Å². The van der Waals surface area contributed by atoms with Crippen LogP contribution in [0.3, 0.4) is 0 Å². The summed E-state index contributed by atoms with van der Waals surface area (Å²) < 4.78 is 5.53. The first-order chi connectivity index (χ1) is 12.0. The molecule has 2 N–H and O–H groups in total. The largest absolute Gasteiger partial charge is 0.379 e. The maximum Gasteiger partial charge on any atom is 0.191 e. The SMILES string of the molecule is CN=C(NCc1ccc(C)cc1SC)NCC(C)N1CCOCC1C.I. The van der Waals surface area contributed by atoms with Crippen LogP contribution in [0.15, 0.2) is 28.1 Å². The Balaban J connectivity index is 0.00000338. The van der Waals surface area contributed by atoms with E-state index in [0.29, 0.717) is 12.1 Å². The molecule has 0 amide bonds. The van der Waals surface area contributed by atoms with Crippen molar-refractivity contribution in [3.8, 4) is 0 Å². The zero-order chi connectivity index (χ0) is 18.2. The van der Waals surface area contributed by atoms with Gasteiger partial charge < -0.3 is 15.4 Å². The van der Waals surface area contributed by atoms with E-state index in [1.165, 1.54) is 16.0 Å². The van der Waals surface area contributed by atoms with Crippen molar-refractivity contribution in [3.05, 3.63) is 29.3 Å². The molecule has 148 valence electrons. The van der Waals surface area contributed by atoms with Gasteiger partial charge in [-0.15, -0.1) is 35.7 Å². The van der Waals surface area contributed by atoms with Gasteiger partial charge in [-0.1, -0.05) is 12.1 Å². The molecule has 0 aromatic heterocycles. The summed E-state index contributed by atoms with van der Waals surface area (Å²) in [6, 6.07) is 7.50. The minimum atomic E-state index is 0. The van der Waals surface area contributed by atoms with Crippen LogP contribution in [-0.4, -0.2) is 62.5 Å². The molecule has 7 heteroatoms. The van der Waals surface area contributed by atoms with E-state index >= 15 is 0 Å². The molecule has 2 rings (SSSR count). The van der Waals surface area contributed by atoms with E-state index in [9.17, 15) is 0 Å². The molecule has 1 aromatic carbocycles. The fraction of sp³-hybridized carbons (Fsp3) is 0.632. The molecule has 0 radical (unpaired) electrons. The van der Waals surface area contributed by atoms with Crippen LogP contribution in [0.25, 0.3) is 0 Å². The number of hydrogen-bond donors (Lipinski definition) is 2. The topological polar surface area (TPSA) is 48.9 Å². The van der Waals surface area contributed by atoms with Crippen molar-refractivity contribution in [2.45, 2.75) is 44.3 Å². The Kier molecular flexibility index (Phi) is 10.9. The highest BCUT2D eigenvalue weighted by Crippen LogP contribution is 2.21. The molecule has 26 heavy (non-hydrogen) atoms. The first-order valence-corrected chi connectivity index (χ1v) is 10.2. The third-order valence-electron chi connectivity index (χ3n) is 4.66. The summed E-state index contributed by atoms with van der Waals surface area (Å²) >= 11 is 1.79. The van der Waals surface area contributed by atoms with Gasteiger partial charge in [0.1, 0.15) is 0 Å². The molecule has 2 unspecified atom stereocenters. The second-order valence-electron chi connectivity index (χ2n) is 6.63. The van der Waals surface area contributed by atoms with E-state index in [4.69, 9.17) is 4.74 Å². The molecular weight excluding hydrogens is 459 g/mol. The van der Waals surface area contributed by atoms with Crippen molar-refractivity contribution in [1.29, 1.82) is 0 Å². The predicted molar refractivity (Wildman–Crippen MR) is 123 cm³/mol. The minimum Gasteiger partial charge on any atom is -0.379 e. The van der Waals surface area contributed by atoms with Gasteiger partial charge in [-0.05, 0) is 44.2 Å². The second kappa shape index (κ2) is 12.0. The van der Waals surface area contributed by atoms with Gasteiger partial charge in [0.15, 0.2) is 5.96 Å². The maximum absolute atomic E-state index is 5.53. The zero-order valence-electron chi connectivity index (χ0n) is 16.5. The third kappa shape index (κ3) is 6.90. The number of nitrogens with zero attached hydrogens (tertiary/aromatic N) is 2. The van der Waals surface area contributed by atoms with Gasteiger partial charge in [0, 0.05) is 43.7 Å². The average Bonchev–Trinajstić information content (AvgIpc) is 2.62.